The summed E-state index contributed by atoms with van der Waals surface area (Å²) in [5.41, 5.74) is 1.68. The molecule has 6 heteroatoms. The predicted octanol–water partition coefficient (Wildman–Crippen LogP) is 2.91. The Hall–Kier alpha value is -2.99. The maximum absolute atomic E-state index is 11.8. The van der Waals surface area contributed by atoms with E-state index in [0.717, 1.165) is 5.56 Å². The van der Waals surface area contributed by atoms with Crippen LogP contribution in [0.5, 0.6) is 0 Å². The molecule has 2 rings (SSSR count). The molecule has 2 aromatic rings. The predicted molar refractivity (Wildman–Crippen MR) is 93.2 cm³/mol. The third kappa shape index (κ3) is 5.37. The van der Waals surface area contributed by atoms with Gasteiger partial charge in [-0.2, -0.15) is 0 Å². The fourth-order valence-electron chi connectivity index (χ4n) is 1.75. The topological polar surface area (TPSA) is 78.4 Å². The van der Waals surface area contributed by atoms with Crippen molar-refractivity contribution in [3.63, 3.8) is 0 Å². The summed E-state index contributed by atoms with van der Waals surface area (Å²) in [6, 6.07) is 15.5. The minimum Gasteiger partial charge on any atom is -0.478 e. The summed E-state index contributed by atoms with van der Waals surface area (Å²) < 4.78 is 0. The van der Waals surface area contributed by atoms with Gasteiger partial charge in [-0.25, -0.2) is 4.79 Å². The molecule has 0 saturated heterocycles. The first-order valence-corrected chi connectivity index (χ1v) is 7.14. The number of carboxylic acids is 1. The molecule has 0 fully saturated rings. The molecule has 0 aliphatic heterocycles. The van der Waals surface area contributed by atoms with E-state index in [1.54, 1.807) is 18.2 Å². The number of carbonyl (C=O) groups excluding carboxylic acids is 1. The van der Waals surface area contributed by atoms with Crippen LogP contribution in [0.15, 0.2) is 60.7 Å². The Morgan fingerprint density at radius 1 is 1.00 bits per heavy atom. The molecule has 23 heavy (non-hydrogen) atoms. The monoisotopic (exact) mass is 326 g/mol. The number of carbonyl (C=O) groups is 2. The Morgan fingerprint density at radius 3 is 2.26 bits per heavy atom. The summed E-state index contributed by atoms with van der Waals surface area (Å²) in [6.07, 6.45) is 3.07. The number of nitrogens with one attached hydrogen (secondary N) is 2. The minimum absolute atomic E-state index is 0.135. The van der Waals surface area contributed by atoms with E-state index in [0.29, 0.717) is 5.69 Å². The van der Waals surface area contributed by atoms with Gasteiger partial charge >= 0.3 is 5.97 Å². The quantitative estimate of drug-likeness (QED) is 0.595. The van der Waals surface area contributed by atoms with Crippen molar-refractivity contribution in [2.24, 2.45) is 0 Å². The van der Waals surface area contributed by atoms with E-state index in [9.17, 15) is 9.59 Å². The SMILES string of the molecule is O=C(/C=C/c1ccccc1)NC(=S)Nc1ccc(C(=O)O)cc1. The van der Waals surface area contributed by atoms with E-state index in [1.165, 1.54) is 18.2 Å². The molecule has 3 N–H and O–H groups in total. The third-order valence-electron chi connectivity index (χ3n) is 2.85. The highest BCUT2D eigenvalue weighted by atomic mass is 32.1. The normalized spacial score (nSPS) is 10.3. The van der Waals surface area contributed by atoms with Crippen molar-refractivity contribution in [2.45, 2.75) is 0 Å². The van der Waals surface area contributed by atoms with Crippen LogP contribution in [0.3, 0.4) is 0 Å². The van der Waals surface area contributed by atoms with Crippen LogP contribution in [0.25, 0.3) is 6.08 Å². The number of carboxylic acid groups (broad SMARTS) is 1. The van der Waals surface area contributed by atoms with Crippen LogP contribution in [0.2, 0.25) is 0 Å². The Bertz CT molecular complexity index is 740. The van der Waals surface area contributed by atoms with E-state index in [1.807, 2.05) is 30.3 Å². The zero-order valence-corrected chi connectivity index (χ0v) is 12.8. The Kier molecular flexibility index (Phi) is 5.60. The Labute approximate surface area is 138 Å². The van der Waals surface area contributed by atoms with Crippen LogP contribution in [-0.2, 0) is 4.79 Å². The third-order valence-corrected chi connectivity index (χ3v) is 3.06. The first-order chi connectivity index (χ1) is 11.0. The van der Waals surface area contributed by atoms with Gasteiger partial charge in [0.25, 0.3) is 0 Å². The van der Waals surface area contributed by atoms with E-state index in [-0.39, 0.29) is 16.6 Å². The first kappa shape index (κ1) is 16.4. The van der Waals surface area contributed by atoms with E-state index in [4.69, 9.17) is 17.3 Å². The molecule has 2 aromatic carbocycles. The molecule has 0 radical (unpaired) electrons. The largest absolute Gasteiger partial charge is 0.478 e. The van der Waals surface area contributed by atoms with E-state index < -0.39 is 5.97 Å². The number of amides is 1. The number of rotatable bonds is 4. The molecule has 0 spiro atoms. The average Bonchev–Trinajstić information content (AvgIpc) is 2.54. The molecule has 116 valence electrons. The Balaban J connectivity index is 1.87. The van der Waals surface area contributed by atoms with Crippen molar-refractivity contribution >= 4 is 41.0 Å². The van der Waals surface area contributed by atoms with Gasteiger partial charge in [0.2, 0.25) is 5.91 Å². The molecule has 0 heterocycles. The fraction of sp³-hybridized carbons (Fsp3) is 0. The van der Waals surface area contributed by atoms with Crippen LogP contribution in [0.1, 0.15) is 15.9 Å². The molecular weight excluding hydrogens is 312 g/mol. The smallest absolute Gasteiger partial charge is 0.335 e. The van der Waals surface area contributed by atoms with Crippen molar-refractivity contribution in [2.75, 3.05) is 5.32 Å². The summed E-state index contributed by atoms with van der Waals surface area (Å²) in [6.45, 7) is 0. The molecule has 0 bridgehead atoms. The van der Waals surface area contributed by atoms with Gasteiger partial charge in [0.05, 0.1) is 5.56 Å². The lowest BCUT2D eigenvalue weighted by molar-refractivity contribution is -0.115. The molecule has 0 aliphatic rings. The van der Waals surface area contributed by atoms with Gasteiger partial charge in [0.15, 0.2) is 5.11 Å². The second-order valence-electron chi connectivity index (χ2n) is 4.57. The van der Waals surface area contributed by atoms with Gasteiger partial charge in [-0.15, -0.1) is 0 Å². The summed E-state index contributed by atoms with van der Waals surface area (Å²) >= 11 is 5.03. The molecule has 0 aromatic heterocycles. The van der Waals surface area contributed by atoms with Crippen LogP contribution < -0.4 is 10.6 Å². The number of hydrogen-bond acceptors (Lipinski definition) is 3. The van der Waals surface area contributed by atoms with Gasteiger partial charge in [-0.1, -0.05) is 30.3 Å². The second kappa shape index (κ2) is 7.86. The first-order valence-electron chi connectivity index (χ1n) is 6.73. The highest BCUT2D eigenvalue weighted by Gasteiger charge is 2.04. The van der Waals surface area contributed by atoms with E-state index in [2.05, 4.69) is 10.6 Å². The number of hydrogen-bond donors (Lipinski definition) is 3. The van der Waals surface area contributed by atoms with Gasteiger partial charge < -0.3 is 10.4 Å². The number of anilines is 1. The van der Waals surface area contributed by atoms with Crippen molar-refractivity contribution in [1.82, 2.24) is 5.32 Å². The standard InChI is InChI=1S/C17H14N2O3S/c20-15(11-6-12-4-2-1-3-5-12)19-17(23)18-14-9-7-13(8-10-14)16(21)22/h1-11H,(H,21,22)(H2,18,19,20,23)/b11-6+. The Morgan fingerprint density at radius 2 is 1.65 bits per heavy atom. The summed E-state index contributed by atoms with van der Waals surface area (Å²) in [7, 11) is 0. The molecule has 5 nitrogen and oxygen atoms in total. The summed E-state index contributed by atoms with van der Waals surface area (Å²) in [5, 5.41) is 14.3. The maximum atomic E-state index is 11.8. The van der Waals surface area contributed by atoms with Gasteiger partial charge in [-0.05, 0) is 48.1 Å². The second-order valence-corrected chi connectivity index (χ2v) is 4.98. The van der Waals surface area contributed by atoms with Crippen molar-refractivity contribution in [3.8, 4) is 0 Å². The zero-order valence-electron chi connectivity index (χ0n) is 12.0. The molecule has 0 unspecified atom stereocenters. The van der Waals surface area contributed by atoms with Crippen molar-refractivity contribution < 1.29 is 14.7 Å². The van der Waals surface area contributed by atoms with E-state index >= 15 is 0 Å². The summed E-state index contributed by atoms with van der Waals surface area (Å²) in [4.78, 5) is 22.5. The average molecular weight is 326 g/mol. The highest BCUT2D eigenvalue weighted by Crippen LogP contribution is 2.09. The van der Waals surface area contributed by atoms with Crippen molar-refractivity contribution in [1.29, 1.82) is 0 Å². The van der Waals surface area contributed by atoms with Crippen LogP contribution in [-0.4, -0.2) is 22.1 Å². The van der Waals surface area contributed by atoms with Gasteiger partial charge in [0, 0.05) is 11.8 Å². The molecule has 1 amide bonds. The maximum Gasteiger partial charge on any atom is 0.335 e. The van der Waals surface area contributed by atoms with Crippen molar-refractivity contribution in [3.05, 3.63) is 71.8 Å². The lowest BCUT2D eigenvalue weighted by Crippen LogP contribution is -2.32. The summed E-state index contributed by atoms with van der Waals surface area (Å²) in [5.74, 6) is -1.35. The number of benzene rings is 2. The highest BCUT2D eigenvalue weighted by molar-refractivity contribution is 7.80. The molecule has 0 aliphatic carbocycles. The number of thiocarbonyl (C=S) groups is 1. The van der Waals surface area contributed by atoms with Crippen LogP contribution in [0.4, 0.5) is 5.69 Å². The lowest BCUT2D eigenvalue weighted by Gasteiger charge is -2.08. The van der Waals surface area contributed by atoms with Crippen LogP contribution in [0, 0.1) is 0 Å². The lowest BCUT2D eigenvalue weighted by atomic mass is 10.2. The van der Waals surface area contributed by atoms with Crippen LogP contribution >= 0.6 is 12.2 Å². The molecule has 0 atom stereocenters. The fourth-order valence-corrected chi connectivity index (χ4v) is 1.97. The minimum atomic E-state index is -1.00. The van der Waals surface area contributed by atoms with Gasteiger partial charge in [-0.3, -0.25) is 10.1 Å². The van der Waals surface area contributed by atoms with Gasteiger partial charge in [0.1, 0.15) is 0 Å². The molecule has 0 saturated carbocycles. The molecular formula is C17H14N2O3S. The number of aromatic carboxylic acids is 1. The zero-order chi connectivity index (χ0) is 16.7.